The summed E-state index contributed by atoms with van der Waals surface area (Å²) in [7, 11) is -2.99. The maximum atomic E-state index is 13.9. The number of benzene rings is 2. The third kappa shape index (κ3) is 6.06. The zero-order valence-corrected chi connectivity index (χ0v) is 20.7. The molecule has 3 aromatic rings. The van der Waals surface area contributed by atoms with Crippen LogP contribution in [0.5, 0.6) is 0 Å². The second kappa shape index (κ2) is 11.5. The van der Waals surface area contributed by atoms with E-state index < -0.39 is 38.0 Å². The highest BCUT2D eigenvalue weighted by atomic mass is 31.1. The van der Waals surface area contributed by atoms with E-state index in [9.17, 15) is 23.7 Å². The fraction of sp³-hybridized carbons (Fsp3) is 0.259. The van der Waals surface area contributed by atoms with Gasteiger partial charge >= 0.3 is 14.0 Å². The van der Waals surface area contributed by atoms with Crippen LogP contribution in [-0.4, -0.2) is 27.1 Å². The third-order valence-electron chi connectivity index (χ3n) is 5.67. The minimum atomic E-state index is -2.99. The number of aryl methyl sites for hydroxylation is 1. The molecule has 0 bridgehead atoms. The van der Waals surface area contributed by atoms with Gasteiger partial charge in [-0.3, -0.25) is 9.78 Å². The first-order valence-electron chi connectivity index (χ1n) is 11.1. The Balaban J connectivity index is 2.35. The number of aliphatic hydroxyl groups excluding tert-OH is 1. The smallest absolute Gasteiger partial charge is 0.435 e. The van der Waals surface area contributed by atoms with E-state index in [0.29, 0.717) is 33.6 Å². The van der Waals surface area contributed by atoms with Crippen molar-refractivity contribution in [3.63, 3.8) is 0 Å². The van der Waals surface area contributed by atoms with Crippen LogP contribution in [-0.2, 0) is 14.1 Å². The van der Waals surface area contributed by atoms with Crippen molar-refractivity contribution in [1.82, 2.24) is 4.98 Å². The number of carbonyl (C=O) groups is 1. The van der Waals surface area contributed by atoms with Crippen molar-refractivity contribution in [3.05, 3.63) is 90.1 Å². The average Bonchev–Trinajstić information content (AvgIpc) is 2.79. The summed E-state index contributed by atoms with van der Waals surface area (Å²) < 4.78 is 31.3. The van der Waals surface area contributed by atoms with Gasteiger partial charge in [0.15, 0.2) is 0 Å². The maximum absolute atomic E-state index is 13.9. The van der Waals surface area contributed by atoms with Gasteiger partial charge in [0.1, 0.15) is 11.9 Å². The van der Waals surface area contributed by atoms with Crippen LogP contribution in [0.4, 0.5) is 4.39 Å². The predicted octanol–water partition coefficient (Wildman–Crippen LogP) is 6.20. The predicted molar refractivity (Wildman–Crippen MR) is 133 cm³/mol. The molecule has 0 aliphatic carbocycles. The fourth-order valence-corrected chi connectivity index (χ4v) is 5.00. The molecule has 0 aliphatic rings. The molecule has 3 atom stereocenters. The number of nitrogens with zero attached hydrogens (tertiary/aromatic N) is 1. The Morgan fingerprint density at radius 3 is 2.43 bits per heavy atom. The van der Waals surface area contributed by atoms with Gasteiger partial charge in [-0.05, 0) is 52.3 Å². The van der Waals surface area contributed by atoms with Gasteiger partial charge < -0.3 is 9.84 Å². The van der Waals surface area contributed by atoms with Crippen LogP contribution in [0.15, 0.2) is 67.4 Å². The number of halogens is 1. The van der Waals surface area contributed by atoms with Crippen molar-refractivity contribution < 1.29 is 28.5 Å². The van der Waals surface area contributed by atoms with Crippen molar-refractivity contribution >= 4 is 14.0 Å². The standard InChI is InChI=1S/C27H27FNO5P/c1-5-34-24(31)15-23(30)27(35(32)33)25-21(20-12-11-19(28)13-17(20)4)14-22(29-26(25)16(2)3)18-9-7-6-8-10-18/h5-14,16,23,27,30H,1,15H2,2-4H3/p+1. The molecule has 3 rings (SSSR count). The lowest BCUT2D eigenvalue weighted by Crippen LogP contribution is -2.23. The van der Waals surface area contributed by atoms with Gasteiger partial charge in [-0.15, -0.1) is 0 Å². The zero-order valence-electron chi connectivity index (χ0n) is 19.8. The Hall–Kier alpha value is -3.25. The van der Waals surface area contributed by atoms with Gasteiger partial charge in [0.05, 0.1) is 24.1 Å². The molecule has 0 amide bonds. The Morgan fingerprint density at radius 2 is 1.86 bits per heavy atom. The van der Waals surface area contributed by atoms with Crippen molar-refractivity contribution in [1.29, 1.82) is 0 Å². The van der Waals surface area contributed by atoms with Crippen LogP contribution in [0.3, 0.4) is 0 Å². The van der Waals surface area contributed by atoms with E-state index in [4.69, 9.17) is 9.72 Å². The lowest BCUT2D eigenvalue weighted by Gasteiger charge is -2.23. The summed E-state index contributed by atoms with van der Waals surface area (Å²) in [5.74, 6) is -1.39. The average molecular weight is 496 g/mol. The second-order valence-electron chi connectivity index (χ2n) is 8.51. The largest absolute Gasteiger partial charge is 0.516 e. The number of ether oxygens (including phenoxy) is 1. The quantitative estimate of drug-likeness (QED) is 0.208. The molecular formula is C27H28FNO5P+. The van der Waals surface area contributed by atoms with E-state index in [1.54, 1.807) is 19.1 Å². The highest BCUT2D eigenvalue weighted by molar-refractivity contribution is 7.38. The molecule has 8 heteroatoms. The first-order chi connectivity index (χ1) is 16.6. The molecule has 182 valence electrons. The van der Waals surface area contributed by atoms with Gasteiger partial charge in [0.25, 0.3) is 0 Å². The molecule has 0 saturated carbocycles. The molecule has 1 heterocycles. The number of carbonyl (C=O) groups excluding carboxylic acids is 1. The molecule has 3 unspecified atom stereocenters. The molecule has 35 heavy (non-hydrogen) atoms. The number of pyridine rings is 1. The van der Waals surface area contributed by atoms with Crippen molar-refractivity contribution in [3.8, 4) is 22.4 Å². The molecule has 0 fully saturated rings. The normalized spacial score (nSPS) is 13.3. The number of hydrogen-bond donors (Lipinski definition) is 2. The van der Waals surface area contributed by atoms with Crippen LogP contribution in [0.25, 0.3) is 22.4 Å². The topological polar surface area (TPSA) is 96.7 Å². The lowest BCUT2D eigenvalue weighted by atomic mass is 9.87. The zero-order chi connectivity index (χ0) is 25.7. The molecule has 0 spiro atoms. The molecule has 0 saturated heterocycles. The number of aliphatic hydroxyl groups is 1. The van der Waals surface area contributed by atoms with E-state index in [0.717, 1.165) is 11.8 Å². The summed E-state index contributed by atoms with van der Waals surface area (Å²) in [5, 5.41) is 10.9. The van der Waals surface area contributed by atoms with Gasteiger partial charge in [-0.25, -0.2) is 4.39 Å². The Morgan fingerprint density at radius 1 is 1.17 bits per heavy atom. The number of esters is 1. The van der Waals surface area contributed by atoms with E-state index in [1.807, 2.05) is 44.2 Å². The van der Waals surface area contributed by atoms with Crippen LogP contribution in [0, 0.1) is 12.7 Å². The van der Waals surface area contributed by atoms with E-state index >= 15 is 0 Å². The summed E-state index contributed by atoms with van der Waals surface area (Å²) in [6.45, 7) is 8.84. The SMILES string of the molecule is C=COC(=O)CC(O)C(c1c(-c2ccc(F)cc2C)cc(-c2ccccc2)nc1C(C)C)[P+](=O)O. The first-order valence-corrected chi connectivity index (χ1v) is 12.4. The van der Waals surface area contributed by atoms with Crippen LogP contribution in [0.2, 0.25) is 0 Å². The molecule has 2 aromatic carbocycles. The van der Waals surface area contributed by atoms with Crippen molar-refractivity contribution in [2.45, 2.75) is 44.9 Å². The Kier molecular flexibility index (Phi) is 8.62. The molecule has 6 nitrogen and oxygen atoms in total. The van der Waals surface area contributed by atoms with Crippen LogP contribution in [0.1, 0.15) is 48.7 Å². The minimum absolute atomic E-state index is 0.196. The van der Waals surface area contributed by atoms with Crippen LogP contribution >= 0.6 is 8.03 Å². The number of aromatic nitrogens is 1. The van der Waals surface area contributed by atoms with Gasteiger partial charge in [0.2, 0.25) is 5.66 Å². The van der Waals surface area contributed by atoms with Gasteiger partial charge in [-0.2, -0.15) is 4.89 Å². The third-order valence-corrected chi connectivity index (χ3v) is 6.75. The molecule has 0 radical (unpaired) electrons. The van der Waals surface area contributed by atoms with Gasteiger partial charge in [-0.1, -0.05) is 56.8 Å². The lowest BCUT2D eigenvalue weighted by molar-refractivity contribution is -0.140. The summed E-state index contributed by atoms with van der Waals surface area (Å²) in [6.07, 6.45) is -1.11. The summed E-state index contributed by atoms with van der Waals surface area (Å²) in [4.78, 5) is 27.2. The molecular weight excluding hydrogens is 468 g/mol. The molecule has 0 aliphatic heterocycles. The van der Waals surface area contributed by atoms with Crippen molar-refractivity contribution in [2.75, 3.05) is 0 Å². The highest BCUT2D eigenvalue weighted by Crippen LogP contribution is 2.49. The molecule has 1 aromatic heterocycles. The van der Waals surface area contributed by atoms with E-state index in [-0.39, 0.29) is 5.92 Å². The Bertz CT molecular complexity index is 1250. The Labute approximate surface area is 205 Å². The van der Waals surface area contributed by atoms with Crippen LogP contribution < -0.4 is 0 Å². The van der Waals surface area contributed by atoms with E-state index in [1.165, 1.54) is 12.1 Å². The summed E-state index contributed by atoms with van der Waals surface area (Å²) in [6, 6.07) is 15.5. The van der Waals surface area contributed by atoms with E-state index in [2.05, 4.69) is 6.58 Å². The maximum Gasteiger partial charge on any atom is 0.516 e. The fourth-order valence-electron chi connectivity index (χ4n) is 4.11. The monoisotopic (exact) mass is 496 g/mol. The first kappa shape index (κ1) is 26.4. The highest BCUT2D eigenvalue weighted by Gasteiger charge is 2.44. The number of hydrogen-bond acceptors (Lipinski definition) is 5. The molecule has 2 N–H and O–H groups in total. The second-order valence-corrected chi connectivity index (χ2v) is 9.67. The van der Waals surface area contributed by atoms with Gasteiger partial charge in [0, 0.05) is 11.1 Å². The summed E-state index contributed by atoms with van der Waals surface area (Å²) in [5.41, 5.74) is 2.76. The number of rotatable bonds is 9. The minimum Gasteiger partial charge on any atom is -0.435 e. The summed E-state index contributed by atoms with van der Waals surface area (Å²) >= 11 is 0. The van der Waals surface area contributed by atoms with Crippen molar-refractivity contribution in [2.24, 2.45) is 0 Å².